The number of benzene rings is 2. The van der Waals surface area contributed by atoms with Crippen molar-refractivity contribution in [2.45, 2.75) is 23.8 Å². The smallest absolute Gasteiger partial charge is 0.246 e. The molecule has 30 heavy (non-hydrogen) atoms. The first-order chi connectivity index (χ1) is 14.3. The topological polar surface area (TPSA) is 67.2 Å². The summed E-state index contributed by atoms with van der Waals surface area (Å²) in [5.74, 6) is -2.04. The Morgan fingerprint density at radius 3 is 2.43 bits per heavy atom. The van der Waals surface area contributed by atoms with Gasteiger partial charge in [-0.1, -0.05) is 30.3 Å². The number of hydrogen-bond acceptors (Lipinski definition) is 4. The van der Waals surface area contributed by atoms with Gasteiger partial charge in [0, 0.05) is 43.9 Å². The Balaban J connectivity index is 1.67. The third-order valence-electron chi connectivity index (χ3n) is 5.59. The van der Waals surface area contributed by atoms with Crippen LogP contribution < -0.4 is 5.32 Å². The number of hydrogen-bond donors (Lipinski definition) is 1. The fourth-order valence-corrected chi connectivity index (χ4v) is 5.50. The molecule has 1 saturated heterocycles. The van der Waals surface area contributed by atoms with Gasteiger partial charge in [-0.05, 0) is 24.6 Å². The molecule has 2 aromatic carbocycles. The highest BCUT2D eigenvalue weighted by atomic mass is 32.2. The molecular weight excluding hydrogens is 410 g/mol. The van der Waals surface area contributed by atoms with Gasteiger partial charge in [0.2, 0.25) is 10.0 Å². The normalized spacial score (nSPS) is 19.9. The molecule has 2 atom stereocenters. The molecule has 0 bridgehead atoms. The van der Waals surface area contributed by atoms with Crippen LogP contribution in [0.15, 0.2) is 59.6 Å². The van der Waals surface area contributed by atoms with Gasteiger partial charge in [0.15, 0.2) is 11.6 Å². The summed E-state index contributed by atoms with van der Waals surface area (Å²) < 4.78 is 56.5. The van der Waals surface area contributed by atoms with Crippen molar-refractivity contribution in [2.24, 2.45) is 7.05 Å². The Labute approximate surface area is 174 Å². The van der Waals surface area contributed by atoms with Crippen LogP contribution in [0, 0.1) is 18.6 Å². The molecule has 2 unspecified atom stereocenters. The van der Waals surface area contributed by atoms with E-state index in [0.717, 1.165) is 17.7 Å². The number of aromatic nitrogens is 2. The number of sulfonamides is 1. The molecule has 1 fully saturated rings. The SMILES string of the molecule is Cc1c(S(=O)(=O)N2CC(Nc3ccc(F)c(F)c3)C(c3ccccc3)C2)cnn1C. The van der Waals surface area contributed by atoms with E-state index in [4.69, 9.17) is 0 Å². The van der Waals surface area contributed by atoms with E-state index in [9.17, 15) is 17.2 Å². The van der Waals surface area contributed by atoms with Crippen molar-refractivity contribution in [1.82, 2.24) is 14.1 Å². The second-order valence-corrected chi connectivity index (χ2v) is 9.34. The highest BCUT2D eigenvalue weighted by molar-refractivity contribution is 7.89. The number of anilines is 1. The molecule has 1 aliphatic rings. The molecule has 0 amide bonds. The van der Waals surface area contributed by atoms with Gasteiger partial charge >= 0.3 is 0 Å². The molecule has 0 aliphatic carbocycles. The van der Waals surface area contributed by atoms with Gasteiger partial charge in [0.05, 0.1) is 11.9 Å². The maximum absolute atomic E-state index is 13.7. The Morgan fingerprint density at radius 1 is 1.07 bits per heavy atom. The van der Waals surface area contributed by atoms with Gasteiger partial charge in [0.1, 0.15) is 4.90 Å². The summed E-state index contributed by atoms with van der Waals surface area (Å²) in [6, 6.07) is 12.8. The minimum absolute atomic E-state index is 0.161. The molecule has 6 nitrogen and oxygen atoms in total. The largest absolute Gasteiger partial charge is 0.380 e. The van der Waals surface area contributed by atoms with E-state index < -0.39 is 21.7 Å². The first kappa shape index (κ1) is 20.5. The number of rotatable bonds is 5. The van der Waals surface area contributed by atoms with Gasteiger partial charge < -0.3 is 5.32 Å². The molecule has 0 spiro atoms. The molecule has 3 aromatic rings. The summed E-state index contributed by atoms with van der Waals surface area (Å²) >= 11 is 0. The monoisotopic (exact) mass is 432 g/mol. The quantitative estimate of drug-likeness (QED) is 0.672. The van der Waals surface area contributed by atoms with E-state index >= 15 is 0 Å². The molecule has 9 heteroatoms. The minimum Gasteiger partial charge on any atom is -0.380 e. The van der Waals surface area contributed by atoms with Crippen molar-refractivity contribution in [3.05, 3.63) is 77.6 Å². The second-order valence-electron chi connectivity index (χ2n) is 7.44. The highest BCUT2D eigenvalue weighted by Crippen LogP contribution is 2.34. The van der Waals surface area contributed by atoms with Crippen molar-refractivity contribution < 1.29 is 17.2 Å². The number of halogens is 2. The van der Waals surface area contributed by atoms with Crippen molar-refractivity contribution >= 4 is 15.7 Å². The fraction of sp³-hybridized carbons (Fsp3) is 0.286. The molecule has 0 saturated carbocycles. The lowest BCUT2D eigenvalue weighted by molar-refractivity contribution is 0.470. The Morgan fingerprint density at radius 2 is 1.80 bits per heavy atom. The predicted octanol–water partition coefficient (Wildman–Crippen LogP) is 3.28. The molecule has 158 valence electrons. The molecular formula is C21H22F2N4O2S. The number of nitrogens with one attached hydrogen (secondary N) is 1. The number of nitrogens with zero attached hydrogens (tertiary/aromatic N) is 3. The average molecular weight is 432 g/mol. The van der Waals surface area contributed by atoms with E-state index in [1.165, 1.54) is 21.3 Å². The van der Waals surface area contributed by atoms with E-state index in [0.29, 0.717) is 11.4 Å². The van der Waals surface area contributed by atoms with E-state index in [1.807, 2.05) is 30.3 Å². The molecule has 1 N–H and O–H groups in total. The Bertz CT molecular complexity index is 1170. The van der Waals surface area contributed by atoms with Crippen molar-refractivity contribution in [2.75, 3.05) is 18.4 Å². The Kier molecular flexibility index (Phi) is 5.33. The zero-order chi connectivity index (χ0) is 21.5. The van der Waals surface area contributed by atoms with Crippen LogP contribution in [0.1, 0.15) is 17.2 Å². The van der Waals surface area contributed by atoms with Crippen LogP contribution in [0.4, 0.5) is 14.5 Å². The van der Waals surface area contributed by atoms with Crippen LogP contribution in [0.5, 0.6) is 0 Å². The molecule has 2 heterocycles. The second kappa shape index (κ2) is 7.81. The number of aryl methyl sites for hydroxylation is 1. The van der Waals surface area contributed by atoms with Gasteiger partial charge in [-0.2, -0.15) is 9.40 Å². The van der Waals surface area contributed by atoms with Crippen LogP contribution >= 0.6 is 0 Å². The maximum atomic E-state index is 13.7. The van der Waals surface area contributed by atoms with E-state index in [1.54, 1.807) is 14.0 Å². The van der Waals surface area contributed by atoms with Gasteiger partial charge in [-0.25, -0.2) is 17.2 Å². The fourth-order valence-electron chi connectivity index (χ4n) is 3.82. The van der Waals surface area contributed by atoms with Gasteiger partial charge in [-0.3, -0.25) is 4.68 Å². The zero-order valence-corrected chi connectivity index (χ0v) is 17.4. The molecule has 1 aliphatic heterocycles. The highest BCUT2D eigenvalue weighted by Gasteiger charge is 2.41. The maximum Gasteiger partial charge on any atom is 0.246 e. The summed E-state index contributed by atoms with van der Waals surface area (Å²) in [5, 5.41) is 7.25. The lowest BCUT2D eigenvalue weighted by atomic mass is 9.94. The van der Waals surface area contributed by atoms with Crippen LogP contribution in [0.3, 0.4) is 0 Å². The first-order valence-electron chi connectivity index (χ1n) is 9.52. The summed E-state index contributed by atoms with van der Waals surface area (Å²) in [5.41, 5.74) is 1.93. The van der Waals surface area contributed by atoms with Crippen molar-refractivity contribution in [3.63, 3.8) is 0 Å². The summed E-state index contributed by atoms with van der Waals surface area (Å²) in [4.78, 5) is 0.172. The summed E-state index contributed by atoms with van der Waals surface area (Å²) in [7, 11) is -2.06. The van der Waals surface area contributed by atoms with E-state index in [2.05, 4.69) is 10.4 Å². The Hall–Kier alpha value is -2.78. The predicted molar refractivity (Wildman–Crippen MR) is 110 cm³/mol. The molecule has 1 aromatic heterocycles. The third-order valence-corrected chi connectivity index (χ3v) is 7.53. The minimum atomic E-state index is -3.75. The van der Waals surface area contributed by atoms with Crippen molar-refractivity contribution in [1.29, 1.82) is 0 Å². The molecule has 0 radical (unpaired) electrons. The standard InChI is InChI=1S/C21H22F2N4O2S/c1-14-21(11-24-26(14)2)30(28,29)27-12-17(15-6-4-3-5-7-15)20(13-27)25-16-8-9-18(22)19(23)10-16/h3-11,17,20,25H,12-13H2,1-2H3. The first-order valence-corrected chi connectivity index (χ1v) is 11.0. The summed E-state index contributed by atoms with van der Waals surface area (Å²) in [6.07, 6.45) is 1.36. The lowest BCUT2D eigenvalue weighted by Gasteiger charge is -2.21. The van der Waals surface area contributed by atoms with E-state index in [-0.39, 0.29) is 29.9 Å². The van der Waals surface area contributed by atoms with Crippen LogP contribution in [-0.4, -0.2) is 41.6 Å². The summed E-state index contributed by atoms with van der Waals surface area (Å²) in [6.45, 7) is 2.17. The van der Waals surface area contributed by atoms with Crippen LogP contribution in [-0.2, 0) is 17.1 Å². The van der Waals surface area contributed by atoms with Crippen molar-refractivity contribution in [3.8, 4) is 0 Å². The molecule has 4 rings (SSSR count). The lowest BCUT2D eigenvalue weighted by Crippen LogP contribution is -2.32. The van der Waals surface area contributed by atoms with Gasteiger partial charge in [0.25, 0.3) is 0 Å². The van der Waals surface area contributed by atoms with Crippen LogP contribution in [0.2, 0.25) is 0 Å². The van der Waals surface area contributed by atoms with Gasteiger partial charge in [-0.15, -0.1) is 0 Å². The third kappa shape index (κ3) is 3.70. The van der Waals surface area contributed by atoms with Crippen LogP contribution in [0.25, 0.3) is 0 Å². The zero-order valence-electron chi connectivity index (χ0n) is 16.6. The average Bonchev–Trinajstić information content (AvgIpc) is 3.30.